The van der Waals surface area contributed by atoms with E-state index in [1.165, 1.54) is 225 Å². The highest BCUT2D eigenvalue weighted by Crippen LogP contribution is 2.43. The zero-order valence-electron chi connectivity index (χ0n) is 40.4. The van der Waals surface area contributed by atoms with Crippen molar-refractivity contribution >= 4 is 13.8 Å². The molecule has 9 nitrogen and oxygen atoms in total. The van der Waals surface area contributed by atoms with Gasteiger partial charge in [0.25, 0.3) is 0 Å². The van der Waals surface area contributed by atoms with Gasteiger partial charge in [-0.15, -0.1) is 0 Å². The molecule has 0 radical (unpaired) electrons. The van der Waals surface area contributed by atoms with E-state index in [1.807, 2.05) is 0 Å². The standard InChI is InChI=1S/C51H103O9P/c1-3-5-7-9-11-13-15-17-19-21-23-25-27-29-31-33-35-37-39-41-43-51(54)60-50(48-59-61(55,56)58-46-49(53)45-52)47-57-44-42-40-38-36-34-32-30-28-26-24-22-20-18-16-14-12-10-8-6-4-2/h49-50,52-53H,3-48H2,1-2H3,(H,55,56). The summed E-state index contributed by atoms with van der Waals surface area (Å²) in [6, 6.07) is 0. The van der Waals surface area contributed by atoms with Crippen LogP contribution >= 0.6 is 7.82 Å². The van der Waals surface area contributed by atoms with Crippen LogP contribution in [0.15, 0.2) is 0 Å². The summed E-state index contributed by atoms with van der Waals surface area (Å²) in [6.45, 7) is 3.61. The molecule has 0 saturated heterocycles. The summed E-state index contributed by atoms with van der Waals surface area (Å²) < 4.78 is 33.6. The molecule has 0 spiro atoms. The van der Waals surface area contributed by atoms with Gasteiger partial charge in [-0.3, -0.25) is 13.8 Å². The summed E-state index contributed by atoms with van der Waals surface area (Å²) in [4.78, 5) is 22.7. The molecule has 0 aliphatic rings. The van der Waals surface area contributed by atoms with Crippen LogP contribution in [0.4, 0.5) is 0 Å². The van der Waals surface area contributed by atoms with Gasteiger partial charge in [0.1, 0.15) is 12.2 Å². The van der Waals surface area contributed by atoms with E-state index >= 15 is 0 Å². The van der Waals surface area contributed by atoms with Crippen LogP contribution < -0.4 is 0 Å². The summed E-state index contributed by atoms with van der Waals surface area (Å²) in [5, 5.41) is 18.4. The number of unbranched alkanes of at least 4 members (excludes halogenated alkanes) is 38. The molecule has 3 atom stereocenters. The first-order valence-corrected chi connectivity index (χ1v) is 28.0. The van der Waals surface area contributed by atoms with Crippen molar-refractivity contribution in [2.45, 2.75) is 289 Å². The Morgan fingerprint density at radius 2 is 0.738 bits per heavy atom. The predicted octanol–water partition coefficient (Wildman–Crippen LogP) is 15.4. The highest BCUT2D eigenvalue weighted by atomic mass is 31.2. The number of ether oxygens (including phenoxy) is 2. The smallest absolute Gasteiger partial charge is 0.457 e. The van der Waals surface area contributed by atoms with E-state index in [2.05, 4.69) is 13.8 Å². The SMILES string of the molecule is CCCCCCCCCCCCCCCCCCCCCCOCC(COP(=O)(O)OCC(O)CO)OC(=O)CCCCCCCCCCCCCCCCCCCCCC. The van der Waals surface area contributed by atoms with Gasteiger partial charge >= 0.3 is 13.8 Å². The van der Waals surface area contributed by atoms with E-state index in [-0.39, 0.29) is 25.6 Å². The molecule has 0 aromatic carbocycles. The Balaban J connectivity index is 4.00. The van der Waals surface area contributed by atoms with Gasteiger partial charge in [0.05, 0.1) is 26.4 Å². The molecule has 0 saturated carbocycles. The summed E-state index contributed by atoms with van der Waals surface area (Å²) in [7, 11) is -4.52. The zero-order valence-corrected chi connectivity index (χ0v) is 41.3. The minimum Gasteiger partial charge on any atom is -0.457 e. The first-order valence-electron chi connectivity index (χ1n) is 26.5. The highest BCUT2D eigenvalue weighted by molar-refractivity contribution is 7.47. The molecule has 3 N–H and O–H groups in total. The monoisotopic (exact) mass is 891 g/mol. The van der Waals surface area contributed by atoms with E-state index in [0.29, 0.717) is 6.61 Å². The molecule has 0 bridgehead atoms. The number of aliphatic hydroxyl groups is 2. The second kappa shape index (κ2) is 48.9. The number of aliphatic hydroxyl groups excluding tert-OH is 2. The van der Waals surface area contributed by atoms with Gasteiger partial charge in [-0.2, -0.15) is 0 Å². The fourth-order valence-corrected chi connectivity index (χ4v) is 8.80. The van der Waals surface area contributed by atoms with Crippen molar-refractivity contribution in [1.82, 2.24) is 0 Å². The lowest BCUT2D eigenvalue weighted by Crippen LogP contribution is -2.29. The molecule has 0 aromatic rings. The predicted molar refractivity (Wildman–Crippen MR) is 256 cm³/mol. The maximum absolute atomic E-state index is 12.7. The molecule has 0 fully saturated rings. The van der Waals surface area contributed by atoms with E-state index < -0.39 is 33.2 Å². The molecule has 3 unspecified atom stereocenters. The zero-order chi connectivity index (χ0) is 44.6. The number of phosphoric ester groups is 1. The molecule has 10 heteroatoms. The summed E-state index contributed by atoms with van der Waals surface area (Å²) in [6.07, 6.45) is 50.7. The van der Waals surface area contributed by atoms with Crippen LogP contribution in [0.3, 0.4) is 0 Å². The Morgan fingerprint density at radius 1 is 0.443 bits per heavy atom. The molecule has 0 rings (SSSR count). The van der Waals surface area contributed by atoms with Gasteiger partial charge < -0.3 is 24.6 Å². The van der Waals surface area contributed by atoms with Crippen LogP contribution in [0.5, 0.6) is 0 Å². The molecule has 0 aliphatic heterocycles. The summed E-state index contributed by atoms with van der Waals surface area (Å²) >= 11 is 0. The van der Waals surface area contributed by atoms with Gasteiger partial charge in [-0.1, -0.05) is 258 Å². The van der Waals surface area contributed by atoms with Crippen molar-refractivity contribution in [3.05, 3.63) is 0 Å². The molecule has 0 heterocycles. The third-order valence-electron chi connectivity index (χ3n) is 12.0. The minimum absolute atomic E-state index is 0.0589. The first kappa shape index (κ1) is 60.5. The van der Waals surface area contributed by atoms with E-state index in [0.717, 1.165) is 32.1 Å². The number of phosphoric acid groups is 1. The van der Waals surface area contributed by atoms with Gasteiger partial charge in [-0.05, 0) is 12.8 Å². The van der Waals surface area contributed by atoms with Crippen LogP contribution in [-0.4, -0.2) is 66.3 Å². The van der Waals surface area contributed by atoms with Crippen LogP contribution in [0.2, 0.25) is 0 Å². The van der Waals surface area contributed by atoms with Crippen LogP contribution in [0, 0.1) is 0 Å². The maximum Gasteiger partial charge on any atom is 0.472 e. The normalized spacial score (nSPS) is 13.7. The molecule has 61 heavy (non-hydrogen) atoms. The fraction of sp³-hybridized carbons (Fsp3) is 0.980. The van der Waals surface area contributed by atoms with Crippen molar-refractivity contribution in [1.29, 1.82) is 0 Å². The first-order chi connectivity index (χ1) is 29.8. The number of carbonyl (C=O) groups is 1. The third kappa shape index (κ3) is 48.7. The quantitative estimate of drug-likeness (QED) is 0.0310. The van der Waals surface area contributed by atoms with Crippen LogP contribution in [-0.2, 0) is 27.9 Å². The van der Waals surface area contributed by atoms with Crippen molar-refractivity contribution in [3.63, 3.8) is 0 Å². The lowest BCUT2D eigenvalue weighted by atomic mass is 10.0. The van der Waals surface area contributed by atoms with Crippen molar-refractivity contribution < 1.29 is 43.0 Å². The lowest BCUT2D eigenvalue weighted by molar-refractivity contribution is -0.154. The number of esters is 1. The van der Waals surface area contributed by atoms with Gasteiger partial charge in [0.2, 0.25) is 0 Å². The van der Waals surface area contributed by atoms with Gasteiger partial charge in [0, 0.05) is 13.0 Å². The average molecular weight is 891 g/mol. The summed E-state index contributed by atoms with van der Waals surface area (Å²) in [5.74, 6) is -0.372. The molecular weight excluding hydrogens is 788 g/mol. The number of carbonyl (C=O) groups excluding carboxylic acids is 1. The van der Waals surface area contributed by atoms with E-state index in [4.69, 9.17) is 23.6 Å². The van der Waals surface area contributed by atoms with Gasteiger partial charge in [0.15, 0.2) is 0 Å². The van der Waals surface area contributed by atoms with Gasteiger partial charge in [-0.25, -0.2) is 4.57 Å². The number of hydrogen-bond donors (Lipinski definition) is 3. The second-order valence-electron chi connectivity index (χ2n) is 18.3. The van der Waals surface area contributed by atoms with Crippen molar-refractivity contribution in [3.8, 4) is 0 Å². The highest BCUT2D eigenvalue weighted by Gasteiger charge is 2.26. The lowest BCUT2D eigenvalue weighted by Gasteiger charge is -2.20. The molecule has 0 aliphatic carbocycles. The third-order valence-corrected chi connectivity index (χ3v) is 13.0. The van der Waals surface area contributed by atoms with Crippen LogP contribution in [0.25, 0.3) is 0 Å². The second-order valence-corrected chi connectivity index (χ2v) is 19.7. The largest absolute Gasteiger partial charge is 0.472 e. The molecule has 0 aromatic heterocycles. The average Bonchev–Trinajstić information content (AvgIpc) is 3.25. The molecule has 366 valence electrons. The fourth-order valence-electron chi connectivity index (χ4n) is 8.01. The van der Waals surface area contributed by atoms with E-state index in [9.17, 15) is 19.4 Å². The van der Waals surface area contributed by atoms with E-state index in [1.54, 1.807) is 0 Å². The Hall–Kier alpha value is -0.540. The summed E-state index contributed by atoms with van der Waals surface area (Å²) in [5.41, 5.74) is 0. The van der Waals surface area contributed by atoms with Crippen molar-refractivity contribution in [2.75, 3.05) is 33.0 Å². The van der Waals surface area contributed by atoms with Crippen LogP contribution in [0.1, 0.15) is 277 Å². The number of hydrogen-bond acceptors (Lipinski definition) is 8. The minimum atomic E-state index is -4.52. The topological polar surface area (TPSA) is 132 Å². The Bertz CT molecular complexity index is 922. The Labute approximate surface area is 378 Å². The molecule has 0 amide bonds. The Morgan fingerprint density at radius 3 is 1.07 bits per heavy atom. The van der Waals surface area contributed by atoms with Crippen molar-refractivity contribution in [2.24, 2.45) is 0 Å². The Kier molecular flexibility index (Phi) is 48.5. The maximum atomic E-state index is 12.7. The molecular formula is C51H103O9P. The number of rotatable bonds is 52.